The van der Waals surface area contributed by atoms with Crippen LogP contribution in [0.2, 0.25) is 5.04 Å². The van der Waals surface area contributed by atoms with Crippen molar-refractivity contribution in [3.05, 3.63) is 83.3 Å². The summed E-state index contributed by atoms with van der Waals surface area (Å²) in [6, 6.07) is 27.4. The minimum atomic E-state index is -2.50. The normalized spacial score (nSPS) is 13.1. The lowest BCUT2D eigenvalue weighted by atomic mass is 10.2. The minimum Gasteiger partial charge on any atom is -0.407 e. The summed E-state index contributed by atoms with van der Waals surface area (Å²) in [5, 5.41) is 6.09. The molecule has 0 aliphatic heterocycles. The third-order valence-corrected chi connectivity index (χ3v) is 11.2. The van der Waals surface area contributed by atoms with Gasteiger partial charge in [-0.05, 0) is 39.5 Å². The van der Waals surface area contributed by atoms with Crippen LogP contribution in [0, 0.1) is 5.92 Å². The summed E-state index contributed by atoms with van der Waals surface area (Å²) in [6.45, 7) is 10.6. The number of rotatable bonds is 8. The second kappa shape index (κ2) is 10.0. The Hall–Kier alpha value is -2.08. The standard InChI is InChI=1S/C26H33BrN2OSi/c1-20(18-29-25-17-21(27)15-16-24(25)28)19-30-31(26(2,3)4,22-11-7-5-8-12-22)23-13-9-6-10-14-23/h5-17,20,29H,18-19,28H2,1-4H3. The average Bonchev–Trinajstić information content (AvgIpc) is 2.75. The molecular weight excluding hydrogens is 464 g/mol. The maximum Gasteiger partial charge on any atom is 0.261 e. The molecule has 3 N–H and O–H groups in total. The van der Waals surface area contributed by atoms with Crippen LogP contribution in [0.15, 0.2) is 83.3 Å². The second-order valence-corrected chi connectivity index (χ2v) is 14.4. The molecular formula is C26H33BrN2OSi. The molecule has 1 unspecified atom stereocenters. The van der Waals surface area contributed by atoms with Crippen molar-refractivity contribution in [1.82, 2.24) is 0 Å². The van der Waals surface area contributed by atoms with E-state index in [0.29, 0.717) is 12.5 Å². The van der Waals surface area contributed by atoms with E-state index in [4.69, 9.17) is 10.2 Å². The fourth-order valence-corrected chi connectivity index (χ4v) is 9.10. The number of hydrogen-bond donors (Lipinski definition) is 2. The van der Waals surface area contributed by atoms with E-state index >= 15 is 0 Å². The summed E-state index contributed by atoms with van der Waals surface area (Å²) in [4.78, 5) is 0. The molecule has 5 heteroatoms. The fourth-order valence-electron chi connectivity index (χ4n) is 4.05. The van der Waals surface area contributed by atoms with Crippen LogP contribution in [0.25, 0.3) is 0 Å². The summed E-state index contributed by atoms with van der Waals surface area (Å²) in [7, 11) is -2.50. The van der Waals surface area contributed by atoms with Crippen LogP contribution < -0.4 is 21.4 Å². The third-order valence-electron chi connectivity index (χ3n) is 5.66. The molecule has 0 fully saturated rings. The number of nitrogens with one attached hydrogen (secondary N) is 1. The van der Waals surface area contributed by atoms with E-state index in [-0.39, 0.29) is 5.04 Å². The molecule has 0 radical (unpaired) electrons. The zero-order valence-corrected chi connectivity index (χ0v) is 21.4. The predicted molar refractivity (Wildman–Crippen MR) is 140 cm³/mol. The number of nitrogens with two attached hydrogens (primary N) is 1. The van der Waals surface area contributed by atoms with Crippen molar-refractivity contribution >= 4 is 46.0 Å². The lowest BCUT2D eigenvalue weighted by Crippen LogP contribution is -2.67. The number of anilines is 2. The van der Waals surface area contributed by atoms with Gasteiger partial charge in [0.05, 0.1) is 11.4 Å². The quantitative estimate of drug-likeness (QED) is 0.312. The van der Waals surface area contributed by atoms with Crippen LogP contribution in [-0.4, -0.2) is 21.5 Å². The van der Waals surface area contributed by atoms with E-state index in [9.17, 15) is 0 Å². The molecule has 0 aliphatic rings. The second-order valence-electron chi connectivity index (χ2n) is 9.19. The van der Waals surface area contributed by atoms with Crippen molar-refractivity contribution in [2.75, 3.05) is 24.2 Å². The number of nitrogen functional groups attached to an aromatic ring is 1. The summed E-state index contributed by atoms with van der Waals surface area (Å²) >= 11 is 3.52. The molecule has 0 heterocycles. The Labute approximate surface area is 196 Å². The molecule has 3 rings (SSSR count). The van der Waals surface area contributed by atoms with Gasteiger partial charge in [-0.25, -0.2) is 0 Å². The first-order valence-corrected chi connectivity index (χ1v) is 13.5. The van der Waals surface area contributed by atoms with Crippen LogP contribution in [0.3, 0.4) is 0 Å². The zero-order valence-electron chi connectivity index (χ0n) is 18.9. The maximum absolute atomic E-state index is 7.03. The van der Waals surface area contributed by atoms with E-state index < -0.39 is 8.32 Å². The first-order chi connectivity index (χ1) is 14.7. The molecule has 0 amide bonds. The summed E-state index contributed by atoms with van der Waals surface area (Å²) < 4.78 is 8.04. The molecule has 3 nitrogen and oxygen atoms in total. The third kappa shape index (κ3) is 5.40. The van der Waals surface area contributed by atoms with E-state index in [1.807, 2.05) is 18.2 Å². The Morgan fingerprint density at radius 1 is 0.935 bits per heavy atom. The highest BCUT2D eigenvalue weighted by Gasteiger charge is 2.50. The van der Waals surface area contributed by atoms with Crippen molar-refractivity contribution in [3.8, 4) is 0 Å². The molecule has 3 aromatic carbocycles. The van der Waals surface area contributed by atoms with Gasteiger partial charge in [0, 0.05) is 17.6 Å². The first-order valence-electron chi connectivity index (χ1n) is 10.8. The number of hydrogen-bond acceptors (Lipinski definition) is 3. The van der Waals surface area contributed by atoms with Gasteiger partial charge in [-0.3, -0.25) is 0 Å². The molecule has 31 heavy (non-hydrogen) atoms. The van der Waals surface area contributed by atoms with Crippen molar-refractivity contribution in [3.63, 3.8) is 0 Å². The van der Waals surface area contributed by atoms with Gasteiger partial charge in [0.1, 0.15) is 0 Å². The Kier molecular flexibility index (Phi) is 7.62. The Morgan fingerprint density at radius 2 is 1.48 bits per heavy atom. The van der Waals surface area contributed by atoms with Gasteiger partial charge < -0.3 is 15.5 Å². The topological polar surface area (TPSA) is 47.3 Å². The Balaban J connectivity index is 1.84. The summed E-state index contributed by atoms with van der Waals surface area (Å²) in [5.41, 5.74) is 7.82. The van der Waals surface area contributed by atoms with Crippen LogP contribution in [0.4, 0.5) is 11.4 Å². The smallest absolute Gasteiger partial charge is 0.261 e. The van der Waals surface area contributed by atoms with Crippen molar-refractivity contribution in [2.45, 2.75) is 32.7 Å². The van der Waals surface area contributed by atoms with Gasteiger partial charge >= 0.3 is 0 Å². The minimum absolute atomic E-state index is 0.0163. The van der Waals surface area contributed by atoms with Gasteiger partial charge in [-0.15, -0.1) is 0 Å². The molecule has 0 bridgehead atoms. The van der Waals surface area contributed by atoms with Gasteiger partial charge in [-0.2, -0.15) is 0 Å². The van der Waals surface area contributed by atoms with E-state index in [0.717, 1.165) is 22.4 Å². The predicted octanol–water partition coefficient (Wildman–Crippen LogP) is 5.66. The number of halogens is 1. The van der Waals surface area contributed by atoms with Crippen molar-refractivity contribution in [1.29, 1.82) is 0 Å². The number of benzene rings is 3. The van der Waals surface area contributed by atoms with Crippen LogP contribution in [0.1, 0.15) is 27.7 Å². The molecule has 3 aromatic rings. The van der Waals surface area contributed by atoms with Crippen molar-refractivity contribution in [2.24, 2.45) is 5.92 Å². The van der Waals surface area contributed by atoms with E-state index in [2.05, 4.69) is 110 Å². The van der Waals surface area contributed by atoms with Crippen molar-refractivity contribution < 1.29 is 4.43 Å². The fraction of sp³-hybridized carbons (Fsp3) is 0.308. The first kappa shape index (κ1) is 23.6. The molecule has 1 atom stereocenters. The zero-order chi connectivity index (χ0) is 22.5. The monoisotopic (exact) mass is 496 g/mol. The summed E-state index contributed by atoms with van der Waals surface area (Å²) in [6.07, 6.45) is 0. The van der Waals surface area contributed by atoms with Crippen LogP contribution in [0.5, 0.6) is 0 Å². The maximum atomic E-state index is 7.03. The lowest BCUT2D eigenvalue weighted by Gasteiger charge is -2.43. The van der Waals surface area contributed by atoms with Gasteiger partial charge in [0.15, 0.2) is 0 Å². The molecule has 0 saturated carbocycles. The van der Waals surface area contributed by atoms with Crippen LogP contribution in [-0.2, 0) is 4.43 Å². The van der Waals surface area contributed by atoms with Gasteiger partial charge in [-0.1, -0.05) is 104 Å². The average molecular weight is 498 g/mol. The molecule has 0 spiro atoms. The highest BCUT2D eigenvalue weighted by molar-refractivity contribution is 9.10. The molecule has 0 aromatic heterocycles. The van der Waals surface area contributed by atoms with E-state index in [1.54, 1.807) is 0 Å². The van der Waals surface area contributed by atoms with Gasteiger partial charge in [0.2, 0.25) is 0 Å². The molecule has 0 aliphatic carbocycles. The lowest BCUT2D eigenvalue weighted by molar-refractivity contribution is 0.251. The largest absolute Gasteiger partial charge is 0.407 e. The SMILES string of the molecule is CC(CNc1cc(Br)ccc1N)CO[Si](c1ccccc1)(c1ccccc1)C(C)(C)C. The Bertz CT molecular complexity index is 934. The molecule has 164 valence electrons. The highest BCUT2D eigenvalue weighted by Crippen LogP contribution is 2.37. The van der Waals surface area contributed by atoms with Gasteiger partial charge in [0.25, 0.3) is 8.32 Å². The molecule has 0 saturated heterocycles. The van der Waals surface area contributed by atoms with Crippen LogP contribution >= 0.6 is 15.9 Å². The van der Waals surface area contributed by atoms with E-state index in [1.165, 1.54) is 10.4 Å². The summed E-state index contributed by atoms with van der Waals surface area (Å²) in [5.74, 6) is 0.319. The highest BCUT2D eigenvalue weighted by atomic mass is 79.9. The Morgan fingerprint density at radius 3 is 2.00 bits per heavy atom.